The Morgan fingerprint density at radius 3 is 2.74 bits per heavy atom. The molecule has 0 atom stereocenters. The Kier molecular flexibility index (Phi) is 5.41. The second kappa shape index (κ2) is 7.30. The van der Waals surface area contributed by atoms with E-state index < -0.39 is 7.12 Å². The lowest BCUT2D eigenvalue weighted by atomic mass is 9.80. The van der Waals surface area contributed by atoms with Crippen molar-refractivity contribution in [2.24, 2.45) is 0 Å². The van der Waals surface area contributed by atoms with Crippen LogP contribution in [0.3, 0.4) is 0 Å². The molecule has 0 unspecified atom stereocenters. The molecular weight excluding hydrogens is 263 g/mol. The van der Waals surface area contributed by atoms with Crippen molar-refractivity contribution in [2.45, 2.75) is 6.61 Å². The fourth-order valence-electron chi connectivity index (χ4n) is 1.55. The van der Waals surface area contributed by atoms with E-state index in [1.54, 1.807) is 35.6 Å². The van der Waals surface area contributed by atoms with Gasteiger partial charge in [0.05, 0.1) is 13.2 Å². The molecule has 2 rings (SSSR count). The number of thiophene rings is 1. The molecule has 0 aliphatic carbocycles. The molecule has 1 aromatic heterocycles. The molecule has 1 aromatic carbocycles. The summed E-state index contributed by atoms with van der Waals surface area (Å²) in [6.45, 7) is 1.51. The molecule has 0 radical (unpaired) electrons. The molecule has 100 valence electrons. The van der Waals surface area contributed by atoms with Crippen LogP contribution in [0.4, 0.5) is 0 Å². The van der Waals surface area contributed by atoms with Gasteiger partial charge in [-0.1, -0.05) is 18.2 Å². The lowest BCUT2D eigenvalue weighted by Gasteiger charge is -2.08. The summed E-state index contributed by atoms with van der Waals surface area (Å²) in [5.74, 6) is 0.602. The molecule has 0 aliphatic heterocycles. The van der Waals surface area contributed by atoms with E-state index in [9.17, 15) is 0 Å². The van der Waals surface area contributed by atoms with Crippen LogP contribution in [-0.2, 0) is 11.3 Å². The average Bonchev–Trinajstić information content (AvgIpc) is 2.92. The largest absolute Gasteiger partial charge is 0.491 e. The fourth-order valence-corrected chi connectivity index (χ4v) is 2.19. The average molecular weight is 278 g/mol. The Morgan fingerprint density at radius 2 is 2.00 bits per heavy atom. The Balaban J connectivity index is 1.69. The number of hydrogen-bond acceptors (Lipinski definition) is 5. The van der Waals surface area contributed by atoms with Crippen LogP contribution in [0.25, 0.3) is 0 Å². The van der Waals surface area contributed by atoms with Crippen molar-refractivity contribution in [2.75, 3.05) is 13.2 Å². The van der Waals surface area contributed by atoms with Crippen molar-refractivity contribution in [3.8, 4) is 5.75 Å². The maximum Gasteiger partial charge on any atom is 0.488 e. The molecule has 4 nitrogen and oxygen atoms in total. The van der Waals surface area contributed by atoms with Gasteiger partial charge < -0.3 is 19.5 Å². The minimum absolute atomic E-state index is 0.414. The van der Waals surface area contributed by atoms with Crippen LogP contribution in [-0.4, -0.2) is 30.4 Å². The first-order valence-corrected chi connectivity index (χ1v) is 6.82. The van der Waals surface area contributed by atoms with E-state index in [1.165, 1.54) is 4.88 Å². The predicted octanol–water partition coefficient (Wildman–Crippen LogP) is 1.02. The zero-order chi connectivity index (χ0) is 13.5. The Labute approximate surface area is 116 Å². The van der Waals surface area contributed by atoms with Crippen molar-refractivity contribution in [1.29, 1.82) is 0 Å². The topological polar surface area (TPSA) is 58.9 Å². The molecule has 1 heterocycles. The summed E-state index contributed by atoms with van der Waals surface area (Å²) in [5.41, 5.74) is 0.414. The molecule has 2 N–H and O–H groups in total. The van der Waals surface area contributed by atoms with E-state index in [1.807, 2.05) is 17.5 Å². The molecule has 0 amide bonds. The summed E-state index contributed by atoms with van der Waals surface area (Å²) >= 11 is 1.66. The Bertz CT molecular complexity index is 487. The smallest absolute Gasteiger partial charge is 0.488 e. The van der Waals surface area contributed by atoms with Crippen molar-refractivity contribution < 1.29 is 19.5 Å². The summed E-state index contributed by atoms with van der Waals surface area (Å²) in [6.07, 6.45) is 0. The lowest BCUT2D eigenvalue weighted by Crippen LogP contribution is -2.29. The van der Waals surface area contributed by atoms with Gasteiger partial charge in [0.1, 0.15) is 12.4 Å². The zero-order valence-electron chi connectivity index (χ0n) is 10.4. The van der Waals surface area contributed by atoms with Crippen molar-refractivity contribution >= 4 is 23.9 Å². The molecule has 0 saturated carbocycles. The van der Waals surface area contributed by atoms with Crippen molar-refractivity contribution in [3.05, 3.63) is 46.7 Å². The maximum atomic E-state index is 9.04. The van der Waals surface area contributed by atoms with Crippen LogP contribution in [0, 0.1) is 0 Å². The highest BCUT2D eigenvalue weighted by Crippen LogP contribution is 2.10. The van der Waals surface area contributed by atoms with Gasteiger partial charge in [-0.15, -0.1) is 11.3 Å². The summed E-state index contributed by atoms with van der Waals surface area (Å²) in [5, 5.41) is 20.1. The van der Waals surface area contributed by atoms with Gasteiger partial charge in [-0.05, 0) is 29.0 Å². The molecule has 19 heavy (non-hydrogen) atoms. The molecule has 0 bridgehead atoms. The zero-order valence-corrected chi connectivity index (χ0v) is 11.2. The first-order valence-electron chi connectivity index (χ1n) is 5.95. The number of ether oxygens (including phenoxy) is 2. The van der Waals surface area contributed by atoms with Gasteiger partial charge in [0, 0.05) is 4.88 Å². The van der Waals surface area contributed by atoms with Crippen LogP contribution < -0.4 is 10.2 Å². The minimum Gasteiger partial charge on any atom is -0.491 e. The maximum absolute atomic E-state index is 9.04. The second-order valence-electron chi connectivity index (χ2n) is 3.93. The predicted molar refractivity (Wildman–Crippen MR) is 75.7 cm³/mol. The number of hydrogen-bond donors (Lipinski definition) is 2. The van der Waals surface area contributed by atoms with Gasteiger partial charge in [-0.3, -0.25) is 0 Å². The second-order valence-corrected chi connectivity index (χ2v) is 4.96. The lowest BCUT2D eigenvalue weighted by molar-refractivity contribution is 0.0905. The van der Waals surface area contributed by atoms with Crippen LogP contribution in [0.1, 0.15) is 4.88 Å². The number of rotatable bonds is 7. The highest BCUT2D eigenvalue weighted by molar-refractivity contribution is 7.09. The van der Waals surface area contributed by atoms with Gasteiger partial charge in [0.15, 0.2) is 0 Å². The minimum atomic E-state index is -1.47. The summed E-state index contributed by atoms with van der Waals surface area (Å²) in [7, 11) is -1.47. The van der Waals surface area contributed by atoms with Gasteiger partial charge >= 0.3 is 7.12 Å². The van der Waals surface area contributed by atoms with Crippen LogP contribution in [0.2, 0.25) is 0 Å². The van der Waals surface area contributed by atoms with Crippen molar-refractivity contribution in [3.63, 3.8) is 0 Å². The molecule has 2 aromatic rings. The van der Waals surface area contributed by atoms with Crippen LogP contribution >= 0.6 is 11.3 Å². The van der Waals surface area contributed by atoms with Gasteiger partial charge in [0.2, 0.25) is 0 Å². The SMILES string of the molecule is OB(O)c1cccc(OCCOCc2cccs2)c1. The molecular formula is C13H15BO4S. The molecule has 0 spiro atoms. The van der Waals surface area contributed by atoms with Crippen LogP contribution in [0.15, 0.2) is 41.8 Å². The first-order chi connectivity index (χ1) is 9.25. The number of benzene rings is 1. The third-order valence-electron chi connectivity index (χ3n) is 2.48. The normalized spacial score (nSPS) is 10.4. The summed E-state index contributed by atoms with van der Waals surface area (Å²) in [6, 6.07) is 10.7. The molecule has 0 aliphatic rings. The van der Waals surface area contributed by atoms with Crippen LogP contribution in [0.5, 0.6) is 5.75 Å². The summed E-state index contributed by atoms with van der Waals surface area (Å²) < 4.78 is 10.9. The van der Waals surface area contributed by atoms with E-state index in [0.717, 1.165) is 0 Å². The highest BCUT2D eigenvalue weighted by Gasteiger charge is 2.10. The molecule has 0 saturated heterocycles. The van der Waals surface area contributed by atoms with E-state index in [4.69, 9.17) is 19.5 Å². The highest BCUT2D eigenvalue weighted by atomic mass is 32.1. The van der Waals surface area contributed by atoms with E-state index in [-0.39, 0.29) is 0 Å². The molecule has 6 heteroatoms. The van der Waals surface area contributed by atoms with E-state index in [0.29, 0.717) is 31.0 Å². The van der Waals surface area contributed by atoms with E-state index >= 15 is 0 Å². The molecule has 0 fully saturated rings. The van der Waals surface area contributed by atoms with Gasteiger partial charge in [-0.25, -0.2) is 0 Å². The standard InChI is InChI=1S/C13H15BO4S/c15-14(16)11-3-1-4-12(9-11)18-7-6-17-10-13-5-2-8-19-13/h1-5,8-9,15-16H,6-7,10H2. The first kappa shape index (κ1) is 14.1. The van der Waals surface area contributed by atoms with Gasteiger partial charge in [-0.2, -0.15) is 0 Å². The Morgan fingerprint density at radius 1 is 1.11 bits per heavy atom. The third-order valence-corrected chi connectivity index (χ3v) is 3.33. The monoisotopic (exact) mass is 278 g/mol. The summed E-state index contributed by atoms with van der Waals surface area (Å²) in [4.78, 5) is 1.19. The fraction of sp³-hybridized carbons (Fsp3) is 0.231. The quantitative estimate of drug-likeness (QED) is 0.586. The Hall–Kier alpha value is -1.34. The van der Waals surface area contributed by atoms with Crippen molar-refractivity contribution in [1.82, 2.24) is 0 Å². The van der Waals surface area contributed by atoms with Gasteiger partial charge in [0.25, 0.3) is 0 Å². The van der Waals surface area contributed by atoms with E-state index in [2.05, 4.69) is 0 Å². The third kappa shape index (κ3) is 4.68.